The number of aliphatic hydroxyl groups is 1. The zero-order chi connectivity index (χ0) is 12.9. The summed E-state index contributed by atoms with van der Waals surface area (Å²) in [6.07, 6.45) is 3.91. The van der Waals surface area contributed by atoms with E-state index >= 15 is 0 Å². The van der Waals surface area contributed by atoms with Crippen LogP contribution in [0.25, 0.3) is 0 Å². The number of nitrogens with zero attached hydrogens (tertiary/aromatic N) is 1. The van der Waals surface area contributed by atoms with Gasteiger partial charge in [-0.1, -0.05) is 13.8 Å². The molecule has 0 aromatic carbocycles. The summed E-state index contributed by atoms with van der Waals surface area (Å²) in [5.74, 6) is -0.397. The van der Waals surface area contributed by atoms with Crippen molar-refractivity contribution in [3.05, 3.63) is 24.0 Å². The molecule has 0 fully saturated rings. The Balaban J connectivity index is 2.84. The van der Waals surface area contributed by atoms with Crippen molar-refractivity contribution in [2.24, 2.45) is 0 Å². The quantitative estimate of drug-likeness (QED) is 0.716. The monoisotopic (exact) mass is 238 g/mol. The smallest absolute Gasteiger partial charge is 0.253 e. The topological polar surface area (TPSA) is 82.5 Å². The molecule has 0 radical (unpaired) electrons. The van der Waals surface area contributed by atoms with Gasteiger partial charge in [0.1, 0.15) is 5.75 Å². The van der Waals surface area contributed by atoms with E-state index in [9.17, 15) is 15.0 Å². The molecule has 1 aromatic rings. The largest absolute Gasteiger partial charge is 0.506 e. The van der Waals surface area contributed by atoms with Crippen molar-refractivity contribution in [3.8, 4) is 5.75 Å². The van der Waals surface area contributed by atoms with Gasteiger partial charge in [-0.3, -0.25) is 9.78 Å². The number of aliphatic hydroxyl groups excluding tert-OH is 1. The highest BCUT2D eigenvalue weighted by Gasteiger charge is 2.27. The molecule has 3 N–H and O–H groups in total. The van der Waals surface area contributed by atoms with Crippen molar-refractivity contribution in [2.75, 3.05) is 6.61 Å². The Morgan fingerprint density at radius 1 is 1.41 bits per heavy atom. The van der Waals surface area contributed by atoms with E-state index in [2.05, 4.69) is 10.3 Å². The van der Waals surface area contributed by atoms with E-state index in [1.807, 2.05) is 13.8 Å². The minimum absolute atomic E-state index is 0.0553. The minimum Gasteiger partial charge on any atom is -0.506 e. The summed E-state index contributed by atoms with van der Waals surface area (Å²) in [5, 5.41) is 21.4. The maximum Gasteiger partial charge on any atom is 0.253 e. The molecule has 0 atom stereocenters. The number of pyridine rings is 1. The van der Waals surface area contributed by atoms with E-state index in [0.29, 0.717) is 12.8 Å². The van der Waals surface area contributed by atoms with Crippen LogP contribution in [0.5, 0.6) is 5.75 Å². The van der Waals surface area contributed by atoms with Gasteiger partial charge in [0.15, 0.2) is 0 Å². The Morgan fingerprint density at radius 3 is 2.53 bits per heavy atom. The maximum atomic E-state index is 11.9. The van der Waals surface area contributed by atoms with Gasteiger partial charge in [-0.05, 0) is 18.9 Å². The van der Waals surface area contributed by atoms with Crippen LogP contribution in [-0.4, -0.2) is 33.3 Å². The highest BCUT2D eigenvalue weighted by atomic mass is 16.3. The molecule has 94 valence electrons. The maximum absolute atomic E-state index is 11.9. The first-order chi connectivity index (χ1) is 8.06. The highest BCUT2D eigenvalue weighted by Crippen LogP contribution is 2.16. The number of carbonyl (C=O) groups is 1. The average molecular weight is 238 g/mol. The Labute approximate surface area is 101 Å². The van der Waals surface area contributed by atoms with E-state index in [0.717, 1.165) is 0 Å². The Hall–Kier alpha value is -1.62. The number of carbonyl (C=O) groups excluding carboxylic acids is 1. The van der Waals surface area contributed by atoms with Crippen molar-refractivity contribution in [1.29, 1.82) is 0 Å². The van der Waals surface area contributed by atoms with Crippen LogP contribution in [0.1, 0.15) is 37.0 Å². The predicted molar refractivity (Wildman–Crippen MR) is 63.8 cm³/mol. The normalized spacial score (nSPS) is 11.2. The number of aromatic nitrogens is 1. The summed E-state index contributed by atoms with van der Waals surface area (Å²) in [4.78, 5) is 15.7. The molecule has 5 nitrogen and oxygen atoms in total. The van der Waals surface area contributed by atoms with Gasteiger partial charge in [0.25, 0.3) is 5.91 Å². The summed E-state index contributed by atoms with van der Waals surface area (Å²) in [6.45, 7) is 3.69. The van der Waals surface area contributed by atoms with E-state index < -0.39 is 5.54 Å². The molecule has 0 aliphatic rings. The zero-order valence-corrected chi connectivity index (χ0v) is 10.1. The van der Waals surface area contributed by atoms with Crippen molar-refractivity contribution in [3.63, 3.8) is 0 Å². The third-order valence-corrected chi connectivity index (χ3v) is 3.02. The second-order valence-corrected chi connectivity index (χ2v) is 4.03. The van der Waals surface area contributed by atoms with Crippen molar-refractivity contribution < 1.29 is 15.0 Å². The van der Waals surface area contributed by atoms with Gasteiger partial charge >= 0.3 is 0 Å². The fraction of sp³-hybridized carbons (Fsp3) is 0.500. The van der Waals surface area contributed by atoms with Crippen LogP contribution in [0.15, 0.2) is 18.5 Å². The average Bonchev–Trinajstić information content (AvgIpc) is 2.36. The third-order valence-electron chi connectivity index (χ3n) is 3.02. The first kappa shape index (κ1) is 13.4. The molecule has 5 heteroatoms. The number of rotatable bonds is 5. The van der Waals surface area contributed by atoms with E-state index in [4.69, 9.17) is 0 Å². The SMILES string of the molecule is CCC(CC)(CO)NC(=O)c1cncc(O)c1. The van der Waals surface area contributed by atoms with E-state index in [1.165, 1.54) is 18.5 Å². The second kappa shape index (κ2) is 5.63. The van der Waals surface area contributed by atoms with Gasteiger partial charge in [-0.2, -0.15) is 0 Å². The predicted octanol–water partition coefficient (Wildman–Crippen LogP) is 1.07. The van der Waals surface area contributed by atoms with Gasteiger partial charge in [-0.15, -0.1) is 0 Å². The lowest BCUT2D eigenvalue weighted by Gasteiger charge is -2.30. The molecule has 1 amide bonds. The van der Waals surface area contributed by atoms with Crippen LogP contribution < -0.4 is 5.32 Å². The van der Waals surface area contributed by atoms with Crippen molar-refractivity contribution >= 4 is 5.91 Å². The summed E-state index contributed by atoms with van der Waals surface area (Å²) >= 11 is 0. The number of nitrogens with one attached hydrogen (secondary N) is 1. The Bertz CT molecular complexity index is 381. The first-order valence-electron chi connectivity index (χ1n) is 5.64. The molecule has 0 saturated heterocycles. The van der Waals surface area contributed by atoms with E-state index in [-0.39, 0.29) is 23.8 Å². The summed E-state index contributed by atoms with van der Waals surface area (Å²) < 4.78 is 0. The summed E-state index contributed by atoms with van der Waals surface area (Å²) in [6, 6.07) is 1.34. The van der Waals surface area contributed by atoms with Crippen LogP contribution in [0.2, 0.25) is 0 Å². The standard InChI is InChI=1S/C12H18N2O3/c1-3-12(4-2,8-15)14-11(17)9-5-10(16)7-13-6-9/h5-7,15-16H,3-4,8H2,1-2H3,(H,14,17). The van der Waals surface area contributed by atoms with Crippen molar-refractivity contribution in [2.45, 2.75) is 32.2 Å². The van der Waals surface area contributed by atoms with Crippen LogP contribution >= 0.6 is 0 Å². The fourth-order valence-corrected chi connectivity index (χ4v) is 1.55. The molecular formula is C12H18N2O3. The highest BCUT2D eigenvalue weighted by molar-refractivity contribution is 5.94. The lowest BCUT2D eigenvalue weighted by Crippen LogP contribution is -2.50. The van der Waals surface area contributed by atoms with Crippen LogP contribution in [0.3, 0.4) is 0 Å². The number of amides is 1. The molecule has 0 bridgehead atoms. The third kappa shape index (κ3) is 3.17. The van der Waals surface area contributed by atoms with Crippen LogP contribution in [0, 0.1) is 0 Å². The molecule has 1 aromatic heterocycles. The number of hydrogen-bond donors (Lipinski definition) is 3. The molecule has 0 aliphatic heterocycles. The van der Waals surface area contributed by atoms with Gasteiger partial charge < -0.3 is 15.5 Å². The molecule has 0 spiro atoms. The van der Waals surface area contributed by atoms with Gasteiger partial charge in [0.2, 0.25) is 0 Å². The Kier molecular flexibility index (Phi) is 4.45. The fourth-order valence-electron chi connectivity index (χ4n) is 1.55. The van der Waals surface area contributed by atoms with Gasteiger partial charge in [-0.25, -0.2) is 0 Å². The number of hydrogen-bond acceptors (Lipinski definition) is 4. The lowest BCUT2D eigenvalue weighted by molar-refractivity contribution is 0.0817. The zero-order valence-electron chi connectivity index (χ0n) is 10.1. The summed E-state index contributed by atoms with van der Waals surface area (Å²) in [5.41, 5.74) is -0.326. The Morgan fingerprint density at radius 2 is 2.06 bits per heavy atom. The summed E-state index contributed by atoms with van der Waals surface area (Å²) in [7, 11) is 0. The van der Waals surface area contributed by atoms with E-state index in [1.54, 1.807) is 0 Å². The molecule has 0 saturated carbocycles. The van der Waals surface area contributed by atoms with Gasteiger partial charge in [0, 0.05) is 6.20 Å². The molecule has 0 unspecified atom stereocenters. The first-order valence-corrected chi connectivity index (χ1v) is 5.64. The molecule has 0 aliphatic carbocycles. The molecule has 17 heavy (non-hydrogen) atoms. The molecule has 1 heterocycles. The lowest BCUT2D eigenvalue weighted by atomic mass is 9.93. The van der Waals surface area contributed by atoms with Crippen LogP contribution in [0.4, 0.5) is 0 Å². The molecular weight excluding hydrogens is 220 g/mol. The second-order valence-electron chi connectivity index (χ2n) is 4.03. The minimum atomic E-state index is -0.609. The van der Waals surface area contributed by atoms with Gasteiger partial charge in [0.05, 0.1) is 23.9 Å². The molecule has 1 rings (SSSR count). The van der Waals surface area contributed by atoms with Crippen LogP contribution in [-0.2, 0) is 0 Å². The number of aromatic hydroxyl groups is 1. The van der Waals surface area contributed by atoms with Crippen molar-refractivity contribution in [1.82, 2.24) is 10.3 Å².